The van der Waals surface area contributed by atoms with Crippen LogP contribution in [0.25, 0.3) is 21.9 Å². The summed E-state index contributed by atoms with van der Waals surface area (Å²) in [6.07, 6.45) is 1.81. The average Bonchev–Trinajstić information content (AvgIpc) is 3.10. The van der Waals surface area contributed by atoms with E-state index in [9.17, 15) is 0 Å². The van der Waals surface area contributed by atoms with Gasteiger partial charge in [-0.15, -0.1) is 21.5 Å². The normalized spacial score (nSPS) is 11.9. The number of aromatic nitrogens is 2. The van der Waals surface area contributed by atoms with Crippen LogP contribution in [-0.4, -0.2) is 10.2 Å². The van der Waals surface area contributed by atoms with Gasteiger partial charge >= 0.3 is 0 Å². The van der Waals surface area contributed by atoms with Crippen molar-refractivity contribution in [2.24, 2.45) is 0 Å². The number of benzene rings is 1. The molecule has 0 amide bonds. The second kappa shape index (κ2) is 6.13. The highest BCUT2D eigenvalue weighted by Gasteiger charge is 2.12. The van der Waals surface area contributed by atoms with E-state index < -0.39 is 0 Å². The summed E-state index contributed by atoms with van der Waals surface area (Å²) < 4.78 is 6.62. The van der Waals surface area contributed by atoms with Crippen molar-refractivity contribution in [3.8, 4) is 10.8 Å². The first-order chi connectivity index (χ1) is 10.1. The van der Waals surface area contributed by atoms with Gasteiger partial charge in [-0.25, -0.2) is 0 Å². The van der Waals surface area contributed by atoms with Crippen molar-refractivity contribution < 1.29 is 4.42 Å². The number of thiophene rings is 1. The molecule has 0 saturated heterocycles. The molecule has 0 aliphatic carbocycles. The van der Waals surface area contributed by atoms with Crippen molar-refractivity contribution in [2.45, 2.75) is 6.92 Å². The Morgan fingerprint density at radius 1 is 1.19 bits per heavy atom. The lowest BCUT2D eigenvalue weighted by atomic mass is 10.1. The Balaban J connectivity index is 1.87. The van der Waals surface area contributed by atoms with Gasteiger partial charge in [0.05, 0.1) is 8.66 Å². The van der Waals surface area contributed by atoms with Crippen LogP contribution in [0, 0.1) is 6.92 Å². The van der Waals surface area contributed by atoms with Crippen LogP contribution in [0.2, 0.25) is 0 Å². The van der Waals surface area contributed by atoms with Crippen LogP contribution in [0.3, 0.4) is 0 Å². The molecule has 0 spiro atoms. The molecule has 6 heteroatoms. The summed E-state index contributed by atoms with van der Waals surface area (Å²) >= 11 is 11.2. The van der Waals surface area contributed by atoms with Gasteiger partial charge in [0.2, 0.25) is 0 Å². The first-order valence-electron chi connectivity index (χ1n) is 6.15. The third kappa shape index (κ3) is 3.43. The zero-order valence-electron chi connectivity index (χ0n) is 11.0. The lowest BCUT2D eigenvalue weighted by Gasteiger charge is -1.96. The Labute approximate surface area is 139 Å². The molecule has 0 aliphatic rings. The number of nitrogens with zero attached hydrogens (tertiary/aromatic N) is 2. The van der Waals surface area contributed by atoms with Crippen molar-refractivity contribution in [1.82, 2.24) is 10.2 Å². The topological polar surface area (TPSA) is 38.9 Å². The molecule has 0 bridgehead atoms. The third-order valence-corrected chi connectivity index (χ3v) is 4.67. The van der Waals surface area contributed by atoms with E-state index >= 15 is 0 Å². The lowest BCUT2D eigenvalue weighted by Crippen LogP contribution is -1.79. The Hall–Kier alpha value is -1.43. The molecule has 0 fully saturated rings. The maximum absolute atomic E-state index is 6.25. The molecule has 21 heavy (non-hydrogen) atoms. The van der Waals surface area contributed by atoms with Crippen LogP contribution < -0.4 is 0 Å². The van der Waals surface area contributed by atoms with Crippen LogP contribution in [0.4, 0.5) is 0 Å². The minimum Gasteiger partial charge on any atom is -0.414 e. The SMILES string of the molecule is Cc1ccc(/C=C(\Cl)c2nnc(-c3ccc(Br)s3)o2)cc1. The van der Waals surface area contributed by atoms with Crippen LogP contribution in [0.15, 0.2) is 44.6 Å². The van der Waals surface area contributed by atoms with Crippen LogP contribution >= 0.6 is 38.9 Å². The van der Waals surface area contributed by atoms with Gasteiger partial charge in [0.25, 0.3) is 11.8 Å². The smallest absolute Gasteiger partial charge is 0.259 e. The maximum Gasteiger partial charge on any atom is 0.259 e. The van der Waals surface area contributed by atoms with E-state index in [1.807, 2.05) is 49.4 Å². The lowest BCUT2D eigenvalue weighted by molar-refractivity contribution is 0.558. The van der Waals surface area contributed by atoms with Gasteiger partial charge in [-0.05, 0) is 46.6 Å². The van der Waals surface area contributed by atoms with E-state index in [0.717, 1.165) is 14.2 Å². The Kier molecular flexibility index (Phi) is 4.24. The molecule has 0 N–H and O–H groups in total. The van der Waals surface area contributed by atoms with Crippen molar-refractivity contribution in [3.05, 3.63) is 57.2 Å². The maximum atomic E-state index is 6.25. The summed E-state index contributed by atoms with van der Waals surface area (Å²) in [7, 11) is 0. The Morgan fingerprint density at radius 3 is 2.62 bits per heavy atom. The van der Waals surface area contributed by atoms with Gasteiger partial charge < -0.3 is 4.42 Å². The van der Waals surface area contributed by atoms with Gasteiger partial charge in [0.1, 0.15) is 5.03 Å². The predicted octanol–water partition coefficient (Wildman–Crippen LogP) is 5.61. The van der Waals surface area contributed by atoms with E-state index in [4.69, 9.17) is 16.0 Å². The zero-order chi connectivity index (χ0) is 14.8. The predicted molar refractivity (Wildman–Crippen MR) is 90.2 cm³/mol. The quantitative estimate of drug-likeness (QED) is 0.592. The summed E-state index contributed by atoms with van der Waals surface area (Å²) in [6.45, 7) is 2.04. The number of hydrogen-bond donors (Lipinski definition) is 0. The molecular weight excluding hydrogens is 372 g/mol. The van der Waals surface area contributed by atoms with Crippen LogP contribution in [0.1, 0.15) is 17.0 Å². The standard InChI is InChI=1S/C15H10BrClN2OS/c1-9-2-4-10(5-3-9)8-11(17)14-18-19-15(20-14)12-6-7-13(16)21-12/h2-8H,1H3/b11-8-. The molecule has 106 valence electrons. The fourth-order valence-electron chi connectivity index (χ4n) is 1.72. The monoisotopic (exact) mass is 380 g/mol. The van der Waals surface area contributed by atoms with E-state index in [2.05, 4.69) is 26.1 Å². The summed E-state index contributed by atoms with van der Waals surface area (Å²) in [4.78, 5) is 0.903. The Morgan fingerprint density at radius 2 is 1.95 bits per heavy atom. The van der Waals surface area contributed by atoms with E-state index in [1.54, 1.807) is 0 Å². The van der Waals surface area contributed by atoms with Crippen LogP contribution in [-0.2, 0) is 0 Å². The first-order valence-corrected chi connectivity index (χ1v) is 8.14. The molecule has 0 unspecified atom stereocenters. The van der Waals surface area contributed by atoms with E-state index in [1.165, 1.54) is 16.9 Å². The summed E-state index contributed by atoms with van der Waals surface area (Å²) in [5, 5.41) is 8.44. The van der Waals surface area contributed by atoms with E-state index in [0.29, 0.717) is 16.8 Å². The van der Waals surface area contributed by atoms with Gasteiger partial charge in [-0.1, -0.05) is 41.4 Å². The van der Waals surface area contributed by atoms with Gasteiger partial charge in [0.15, 0.2) is 0 Å². The van der Waals surface area contributed by atoms with Crippen molar-refractivity contribution in [2.75, 3.05) is 0 Å². The molecule has 2 aromatic heterocycles. The zero-order valence-corrected chi connectivity index (χ0v) is 14.2. The van der Waals surface area contributed by atoms with Crippen molar-refractivity contribution >= 4 is 50.0 Å². The second-order valence-corrected chi connectivity index (χ2v) is 7.29. The number of halogens is 2. The van der Waals surface area contributed by atoms with Crippen molar-refractivity contribution in [1.29, 1.82) is 0 Å². The fraction of sp³-hybridized carbons (Fsp3) is 0.0667. The second-order valence-electron chi connectivity index (χ2n) is 4.42. The molecular formula is C15H10BrClN2OS. The molecule has 2 heterocycles. The van der Waals surface area contributed by atoms with Crippen molar-refractivity contribution in [3.63, 3.8) is 0 Å². The molecule has 3 nitrogen and oxygen atoms in total. The van der Waals surface area contributed by atoms with Gasteiger partial charge in [-0.3, -0.25) is 0 Å². The molecule has 0 radical (unpaired) electrons. The molecule has 0 atom stereocenters. The number of hydrogen-bond acceptors (Lipinski definition) is 4. The molecule has 3 aromatic rings. The first kappa shape index (κ1) is 14.5. The largest absolute Gasteiger partial charge is 0.414 e. The van der Waals surface area contributed by atoms with E-state index in [-0.39, 0.29) is 0 Å². The van der Waals surface area contributed by atoms with Crippen LogP contribution in [0.5, 0.6) is 0 Å². The highest BCUT2D eigenvalue weighted by atomic mass is 79.9. The summed E-state index contributed by atoms with van der Waals surface area (Å²) in [5.41, 5.74) is 2.19. The highest BCUT2D eigenvalue weighted by Crippen LogP contribution is 2.32. The average molecular weight is 382 g/mol. The minimum absolute atomic E-state index is 0.316. The molecule has 0 aliphatic heterocycles. The van der Waals surface area contributed by atoms with Gasteiger partial charge in [-0.2, -0.15) is 0 Å². The summed E-state index contributed by atoms with van der Waals surface area (Å²) in [5.74, 6) is 0.785. The third-order valence-electron chi connectivity index (χ3n) is 2.78. The summed E-state index contributed by atoms with van der Waals surface area (Å²) in [6, 6.07) is 11.9. The minimum atomic E-state index is 0.316. The number of aryl methyl sites for hydroxylation is 1. The fourth-order valence-corrected chi connectivity index (χ4v) is 3.23. The molecule has 3 rings (SSSR count). The molecule has 0 saturated carbocycles. The Bertz CT molecular complexity index is 792. The highest BCUT2D eigenvalue weighted by molar-refractivity contribution is 9.11. The number of rotatable bonds is 3. The molecule has 1 aromatic carbocycles. The van der Waals surface area contributed by atoms with Gasteiger partial charge in [0, 0.05) is 0 Å².